The van der Waals surface area contributed by atoms with E-state index in [0.29, 0.717) is 10.9 Å². The first-order valence-corrected chi connectivity index (χ1v) is 4.00. The minimum Gasteiger partial charge on any atom is -0.411 e. The number of aromatic nitrogens is 3. The van der Waals surface area contributed by atoms with Crippen molar-refractivity contribution >= 4 is 18.0 Å². The number of nitrogens with zero attached hydrogens (tertiary/aromatic N) is 4. The molecule has 0 bridgehead atoms. The van der Waals surface area contributed by atoms with Gasteiger partial charge in [-0.05, 0) is 6.26 Å². The molecule has 0 atom stereocenters. The number of oxime groups is 1. The van der Waals surface area contributed by atoms with E-state index in [4.69, 9.17) is 5.21 Å². The molecule has 0 saturated carbocycles. The molecule has 0 unspecified atom stereocenters. The molecule has 0 saturated heterocycles. The summed E-state index contributed by atoms with van der Waals surface area (Å²) in [5, 5.41) is 18.9. The Labute approximate surface area is 67.6 Å². The average molecular weight is 170 g/mol. The van der Waals surface area contributed by atoms with Crippen LogP contribution >= 0.6 is 11.8 Å². The Bertz CT molecular complexity index is 264. The van der Waals surface area contributed by atoms with E-state index in [1.165, 1.54) is 24.2 Å². The summed E-state index contributed by atoms with van der Waals surface area (Å²) in [5.74, 6) is 0. The average Bonchev–Trinajstić information content (AvgIpc) is 2.06. The zero-order valence-corrected chi connectivity index (χ0v) is 6.62. The van der Waals surface area contributed by atoms with Crippen molar-refractivity contribution in [3.05, 3.63) is 11.9 Å². The first-order valence-electron chi connectivity index (χ1n) is 2.78. The second-order valence-corrected chi connectivity index (χ2v) is 2.39. The molecule has 1 aromatic rings. The minimum atomic E-state index is 0.492. The second kappa shape index (κ2) is 3.87. The number of hydrogen-bond donors (Lipinski definition) is 1. The molecule has 0 aliphatic carbocycles. The van der Waals surface area contributed by atoms with Gasteiger partial charge in [-0.3, -0.25) is 0 Å². The predicted molar refractivity (Wildman–Crippen MR) is 41.0 cm³/mol. The Morgan fingerprint density at radius 3 is 3.18 bits per heavy atom. The molecular weight excluding hydrogens is 164 g/mol. The van der Waals surface area contributed by atoms with E-state index in [1.807, 2.05) is 6.26 Å². The van der Waals surface area contributed by atoms with Crippen LogP contribution < -0.4 is 0 Å². The summed E-state index contributed by atoms with van der Waals surface area (Å²) in [6, 6.07) is 0. The monoisotopic (exact) mass is 170 g/mol. The van der Waals surface area contributed by atoms with Crippen molar-refractivity contribution in [1.82, 2.24) is 15.2 Å². The van der Waals surface area contributed by atoms with Gasteiger partial charge < -0.3 is 5.21 Å². The zero-order chi connectivity index (χ0) is 8.10. The lowest BCUT2D eigenvalue weighted by molar-refractivity contribution is 0.321. The highest BCUT2D eigenvalue weighted by Gasteiger charge is 1.94. The SMILES string of the molecule is CSc1nncc(C=NO)n1. The Kier molecular flexibility index (Phi) is 2.79. The van der Waals surface area contributed by atoms with Gasteiger partial charge in [-0.15, -0.1) is 5.10 Å². The molecule has 0 radical (unpaired) electrons. The Hall–Kier alpha value is -1.17. The molecular formula is C5H6N4OS. The molecule has 1 N–H and O–H groups in total. The van der Waals surface area contributed by atoms with E-state index in [-0.39, 0.29) is 0 Å². The lowest BCUT2D eigenvalue weighted by atomic mass is 10.5. The highest BCUT2D eigenvalue weighted by Crippen LogP contribution is 2.04. The van der Waals surface area contributed by atoms with Crippen LogP contribution in [0.4, 0.5) is 0 Å². The van der Waals surface area contributed by atoms with Crippen molar-refractivity contribution in [1.29, 1.82) is 0 Å². The molecule has 58 valence electrons. The molecule has 6 heteroatoms. The third kappa shape index (κ3) is 2.15. The predicted octanol–water partition coefficient (Wildman–Crippen LogP) is 0.402. The van der Waals surface area contributed by atoms with Crippen molar-refractivity contribution in [2.45, 2.75) is 5.16 Å². The smallest absolute Gasteiger partial charge is 0.209 e. The highest BCUT2D eigenvalue weighted by molar-refractivity contribution is 7.98. The Morgan fingerprint density at radius 1 is 1.73 bits per heavy atom. The summed E-state index contributed by atoms with van der Waals surface area (Å²) in [6.07, 6.45) is 4.46. The fourth-order valence-corrected chi connectivity index (χ4v) is 0.832. The maximum atomic E-state index is 8.16. The van der Waals surface area contributed by atoms with Crippen LogP contribution in [-0.2, 0) is 0 Å². The maximum absolute atomic E-state index is 8.16. The van der Waals surface area contributed by atoms with Gasteiger partial charge in [0.05, 0.1) is 12.4 Å². The van der Waals surface area contributed by atoms with Gasteiger partial charge in [0, 0.05) is 0 Å². The number of hydrogen-bond acceptors (Lipinski definition) is 6. The summed E-state index contributed by atoms with van der Waals surface area (Å²) < 4.78 is 0. The first kappa shape index (κ1) is 7.93. The van der Waals surface area contributed by atoms with Gasteiger partial charge in [-0.25, -0.2) is 4.98 Å². The molecule has 0 aliphatic rings. The molecule has 5 nitrogen and oxygen atoms in total. The van der Waals surface area contributed by atoms with Crippen LogP contribution in [0, 0.1) is 0 Å². The van der Waals surface area contributed by atoms with E-state index < -0.39 is 0 Å². The summed E-state index contributed by atoms with van der Waals surface area (Å²) in [7, 11) is 0. The molecule has 0 amide bonds. The standard InChI is InChI=1S/C5H6N4OS/c1-11-5-8-4(3-7-10)2-6-9-5/h2-3,10H,1H3. The summed E-state index contributed by atoms with van der Waals surface area (Å²) in [4.78, 5) is 3.96. The lowest BCUT2D eigenvalue weighted by Crippen LogP contribution is -1.94. The second-order valence-electron chi connectivity index (χ2n) is 1.61. The molecule has 1 aromatic heterocycles. The van der Waals surface area contributed by atoms with Crippen molar-refractivity contribution < 1.29 is 5.21 Å². The van der Waals surface area contributed by atoms with Gasteiger partial charge >= 0.3 is 0 Å². The van der Waals surface area contributed by atoms with Gasteiger partial charge in [-0.2, -0.15) is 5.10 Å². The van der Waals surface area contributed by atoms with Crippen LogP contribution in [0.5, 0.6) is 0 Å². The van der Waals surface area contributed by atoms with Crippen molar-refractivity contribution in [2.75, 3.05) is 6.26 Å². The van der Waals surface area contributed by atoms with Crippen molar-refractivity contribution in [3.8, 4) is 0 Å². The van der Waals surface area contributed by atoms with Gasteiger partial charge in [-0.1, -0.05) is 16.9 Å². The fourth-order valence-electron chi connectivity index (χ4n) is 0.507. The van der Waals surface area contributed by atoms with Gasteiger partial charge in [0.2, 0.25) is 5.16 Å². The minimum absolute atomic E-state index is 0.492. The molecule has 11 heavy (non-hydrogen) atoms. The summed E-state index contributed by atoms with van der Waals surface area (Å²) in [5.41, 5.74) is 0.492. The summed E-state index contributed by atoms with van der Waals surface area (Å²) >= 11 is 1.38. The molecule has 0 fully saturated rings. The third-order valence-electron chi connectivity index (χ3n) is 0.931. The molecule has 1 heterocycles. The Morgan fingerprint density at radius 2 is 2.55 bits per heavy atom. The van der Waals surface area contributed by atoms with E-state index in [2.05, 4.69) is 20.3 Å². The van der Waals surface area contributed by atoms with Crippen molar-refractivity contribution in [2.24, 2.45) is 5.16 Å². The highest BCUT2D eigenvalue weighted by atomic mass is 32.2. The van der Waals surface area contributed by atoms with E-state index in [9.17, 15) is 0 Å². The fraction of sp³-hybridized carbons (Fsp3) is 0.200. The van der Waals surface area contributed by atoms with Crippen LogP contribution in [-0.4, -0.2) is 32.9 Å². The zero-order valence-electron chi connectivity index (χ0n) is 5.80. The van der Waals surface area contributed by atoms with Crippen LogP contribution in [0.15, 0.2) is 16.5 Å². The van der Waals surface area contributed by atoms with Crippen LogP contribution in [0.2, 0.25) is 0 Å². The van der Waals surface area contributed by atoms with Crippen LogP contribution in [0.25, 0.3) is 0 Å². The van der Waals surface area contributed by atoms with Crippen molar-refractivity contribution in [3.63, 3.8) is 0 Å². The number of thioether (sulfide) groups is 1. The number of rotatable bonds is 2. The van der Waals surface area contributed by atoms with E-state index >= 15 is 0 Å². The molecule has 1 rings (SSSR count). The van der Waals surface area contributed by atoms with E-state index in [1.54, 1.807) is 0 Å². The first-order chi connectivity index (χ1) is 5.36. The topological polar surface area (TPSA) is 71.3 Å². The van der Waals surface area contributed by atoms with Gasteiger partial charge in [0.15, 0.2) is 0 Å². The van der Waals surface area contributed by atoms with E-state index in [0.717, 1.165) is 0 Å². The normalized spacial score (nSPS) is 10.6. The quantitative estimate of drug-likeness (QED) is 0.301. The molecule has 0 aromatic carbocycles. The molecule has 0 spiro atoms. The van der Waals surface area contributed by atoms with Crippen LogP contribution in [0.3, 0.4) is 0 Å². The summed E-state index contributed by atoms with van der Waals surface area (Å²) in [6.45, 7) is 0. The Balaban J connectivity index is 2.91. The maximum Gasteiger partial charge on any atom is 0.209 e. The van der Waals surface area contributed by atoms with Gasteiger partial charge in [0.1, 0.15) is 5.69 Å². The molecule has 0 aliphatic heterocycles. The van der Waals surface area contributed by atoms with Crippen LogP contribution in [0.1, 0.15) is 5.69 Å². The van der Waals surface area contributed by atoms with Gasteiger partial charge in [0.25, 0.3) is 0 Å². The lowest BCUT2D eigenvalue weighted by Gasteiger charge is -1.92. The third-order valence-corrected chi connectivity index (χ3v) is 1.47. The largest absolute Gasteiger partial charge is 0.411 e.